The third-order valence-corrected chi connectivity index (χ3v) is 9.33. The molecule has 3 aromatic rings. The summed E-state index contributed by atoms with van der Waals surface area (Å²) in [6, 6.07) is 17.8. The van der Waals surface area contributed by atoms with Gasteiger partial charge in [0.15, 0.2) is 17.7 Å². The van der Waals surface area contributed by atoms with E-state index in [-0.39, 0.29) is 45.1 Å². The number of aliphatic hydroxyl groups excluding tert-OH is 1. The molecule has 1 saturated heterocycles. The highest BCUT2D eigenvalue weighted by molar-refractivity contribution is 6.73. The van der Waals surface area contributed by atoms with Crippen molar-refractivity contribution in [3.8, 4) is 11.5 Å². The molecule has 1 aromatic heterocycles. The number of aryl methyl sites for hydroxylation is 1. The Kier molecular flexibility index (Phi) is 10.3. The molecule has 2 unspecified atom stereocenters. The fraction of sp³-hybridized carbons (Fsp3) is 0.424. The van der Waals surface area contributed by atoms with E-state index in [1.807, 2.05) is 31.2 Å². The third kappa shape index (κ3) is 8.57. The van der Waals surface area contributed by atoms with Crippen LogP contribution in [-0.4, -0.2) is 68.5 Å². The van der Waals surface area contributed by atoms with Crippen LogP contribution >= 0.6 is 0 Å². The Balaban J connectivity index is 1.20. The number of likely N-dealkylation sites (tertiary alicyclic amines) is 1. The molecule has 12 heteroatoms. The zero-order chi connectivity index (χ0) is 32.1. The Morgan fingerprint density at radius 3 is 2.56 bits per heavy atom. The van der Waals surface area contributed by atoms with Gasteiger partial charge < -0.3 is 29.1 Å². The first kappa shape index (κ1) is 32.4. The normalized spacial score (nSPS) is 18.5. The second kappa shape index (κ2) is 14.4. The van der Waals surface area contributed by atoms with E-state index in [1.165, 1.54) is 13.0 Å². The highest BCUT2D eigenvalue weighted by Crippen LogP contribution is 2.39. The number of alkyl halides is 2. The lowest BCUT2D eigenvalue weighted by molar-refractivity contribution is -0.128. The van der Waals surface area contributed by atoms with Crippen molar-refractivity contribution in [2.75, 3.05) is 25.1 Å². The number of amides is 1. The van der Waals surface area contributed by atoms with Crippen molar-refractivity contribution in [2.24, 2.45) is 5.92 Å². The van der Waals surface area contributed by atoms with Crippen LogP contribution in [0.5, 0.6) is 11.5 Å². The molecular formula is C33H37F2N3O6Si. The number of pyridine rings is 1. The van der Waals surface area contributed by atoms with Crippen LogP contribution in [0.2, 0.25) is 0 Å². The minimum atomic E-state index is -2.97. The fourth-order valence-electron chi connectivity index (χ4n) is 5.30. The second-order valence-electron chi connectivity index (χ2n) is 11.6. The number of hydrogen-bond acceptors (Lipinski definition) is 8. The summed E-state index contributed by atoms with van der Waals surface area (Å²) in [7, 11) is 1.46. The molecule has 1 N–H and O–H groups in total. The summed E-state index contributed by atoms with van der Waals surface area (Å²) in [6.07, 6.45) is 1.61. The van der Waals surface area contributed by atoms with Crippen LogP contribution < -0.4 is 14.4 Å². The van der Waals surface area contributed by atoms with Gasteiger partial charge in [-0.2, -0.15) is 8.78 Å². The molecule has 0 bridgehead atoms. The monoisotopic (exact) mass is 637 g/mol. The minimum absolute atomic E-state index is 0.0233. The number of rotatable bonds is 13. The zero-order valence-electron chi connectivity index (χ0n) is 25.5. The van der Waals surface area contributed by atoms with Crippen molar-refractivity contribution < 1.29 is 37.7 Å². The van der Waals surface area contributed by atoms with Gasteiger partial charge in [0.25, 0.3) is 5.59 Å². The maximum absolute atomic E-state index is 13.0. The van der Waals surface area contributed by atoms with Crippen LogP contribution in [0, 0.1) is 12.8 Å². The van der Waals surface area contributed by atoms with Crippen LogP contribution in [0.25, 0.3) is 0 Å². The van der Waals surface area contributed by atoms with Crippen molar-refractivity contribution in [1.29, 1.82) is 0 Å². The van der Waals surface area contributed by atoms with Crippen molar-refractivity contribution in [2.45, 2.75) is 64.1 Å². The van der Waals surface area contributed by atoms with E-state index in [2.05, 4.69) is 9.72 Å². The summed E-state index contributed by atoms with van der Waals surface area (Å²) in [5, 5.41) is 10.9. The van der Waals surface area contributed by atoms with Crippen molar-refractivity contribution in [1.82, 2.24) is 9.88 Å². The maximum Gasteiger partial charge on any atom is 0.387 e. The Labute approximate surface area is 263 Å². The molecule has 2 aliphatic rings. The highest BCUT2D eigenvalue weighted by atomic mass is 28.2. The average Bonchev–Trinajstić information content (AvgIpc) is 3.76. The number of ether oxygens (including phenoxy) is 3. The van der Waals surface area contributed by atoms with Gasteiger partial charge in [-0.05, 0) is 74.1 Å². The number of nitrogens with zero attached hydrogens (tertiary/aromatic N) is 3. The van der Waals surface area contributed by atoms with Gasteiger partial charge in [0.1, 0.15) is 6.61 Å². The molecule has 1 amide bonds. The Bertz CT molecular complexity index is 1490. The van der Waals surface area contributed by atoms with Crippen LogP contribution in [0.3, 0.4) is 0 Å². The van der Waals surface area contributed by atoms with Crippen molar-refractivity contribution in [3.63, 3.8) is 0 Å². The first-order valence-electron chi connectivity index (χ1n) is 14.9. The Morgan fingerprint density at radius 1 is 1.11 bits per heavy atom. The number of aromatic nitrogens is 1. The van der Waals surface area contributed by atoms with Gasteiger partial charge in [-0.3, -0.25) is 9.59 Å². The maximum atomic E-state index is 13.0. The average molecular weight is 638 g/mol. The summed E-state index contributed by atoms with van der Waals surface area (Å²) in [6.45, 7) is 1.22. The molecule has 1 saturated carbocycles. The first-order valence-corrected chi connectivity index (χ1v) is 16.0. The van der Waals surface area contributed by atoms with E-state index >= 15 is 0 Å². The molecular weight excluding hydrogens is 600 g/mol. The summed E-state index contributed by atoms with van der Waals surface area (Å²) in [5.41, 5.74) is 2.85. The van der Waals surface area contributed by atoms with E-state index in [9.17, 15) is 23.5 Å². The van der Waals surface area contributed by atoms with Gasteiger partial charge >= 0.3 is 6.61 Å². The quantitative estimate of drug-likeness (QED) is 0.191. The third-order valence-electron chi connectivity index (χ3n) is 8.07. The first-order chi connectivity index (χ1) is 21.6. The van der Waals surface area contributed by atoms with Gasteiger partial charge in [0.05, 0.1) is 18.0 Å². The molecule has 3 atom stereocenters. The predicted molar refractivity (Wildman–Crippen MR) is 165 cm³/mol. The van der Waals surface area contributed by atoms with E-state index in [1.54, 1.807) is 47.2 Å². The fourth-order valence-corrected chi connectivity index (χ4v) is 6.57. The lowest BCUT2D eigenvalue weighted by atomic mass is 9.98. The molecule has 238 valence electrons. The molecule has 0 spiro atoms. The van der Waals surface area contributed by atoms with Crippen LogP contribution in [-0.2, 0) is 16.1 Å². The molecule has 5 rings (SSSR count). The van der Waals surface area contributed by atoms with E-state index in [0.717, 1.165) is 29.7 Å². The standard InChI is InChI=1S/C33H37F2N3O6Si/c1-20-7-12-26(13-8-20)37(3)31(40)27-6-4-5-25(36-27)19-43-33(41)45-30-16-24(17-38(30)21(2)39)23-11-14-28(44-32(34)35)29(15-23)42-18-22-9-10-22/h4-8,11-15,22,24,30-32,40H,9-10,16-19H2,1-3H3/t24-,30?,31?/m1/s1. The number of aliphatic hydroxyl groups is 1. The smallest absolute Gasteiger partial charge is 0.387 e. The number of hydrogen-bond donors (Lipinski definition) is 1. The number of benzene rings is 2. The van der Waals surface area contributed by atoms with E-state index in [4.69, 9.17) is 9.47 Å². The van der Waals surface area contributed by atoms with Crippen molar-refractivity contribution >= 4 is 26.7 Å². The lowest BCUT2D eigenvalue weighted by Crippen LogP contribution is -2.40. The molecule has 9 nitrogen and oxygen atoms in total. The summed E-state index contributed by atoms with van der Waals surface area (Å²) >= 11 is 0. The van der Waals surface area contributed by atoms with Crippen molar-refractivity contribution in [3.05, 3.63) is 83.2 Å². The van der Waals surface area contributed by atoms with Gasteiger partial charge in [-0.15, -0.1) is 0 Å². The summed E-state index contributed by atoms with van der Waals surface area (Å²) in [4.78, 5) is 33.3. The summed E-state index contributed by atoms with van der Waals surface area (Å²) < 4.78 is 42.0. The molecule has 1 aliphatic carbocycles. The number of halogens is 2. The number of anilines is 1. The topological polar surface area (TPSA) is 101 Å². The van der Waals surface area contributed by atoms with Crippen LogP contribution in [0.4, 0.5) is 19.3 Å². The van der Waals surface area contributed by atoms with E-state index in [0.29, 0.717) is 36.9 Å². The molecule has 2 radical (unpaired) electrons. The van der Waals surface area contributed by atoms with Gasteiger partial charge in [0, 0.05) is 37.8 Å². The molecule has 45 heavy (non-hydrogen) atoms. The van der Waals surface area contributed by atoms with E-state index < -0.39 is 18.4 Å². The van der Waals surface area contributed by atoms with Gasteiger partial charge in [-0.25, -0.2) is 4.98 Å². The molecule has 1 aliphatic heterocycles. The minimum Gasteiger partial charge on any atom is -0.489 e. The van der Waals surface area contributed by atoms with Gasteiger partial charge in [0.2, 0.25) is 15.4 Å². The number of carbonyl (C=O) groups excluding carboxylic acids is 2. The zero-order valence-corrected chi connectivity index (χ0v) is 26.5. The van der Waals surface area contributed by atoms with Crippen LogP contribution in [0.1, 0.15) is 60.8 Å². The van der Waals surface area contributed by atoms with Crippen LogP contribution in [0.15, 0.2) is 60.7 Å². The second-order valence-corrected chi connectivity index (χ2v) is 12.9. The highest BCUT2D eigenvalue weighted by Gasteiger charge is 2.37. The summed E-state index contributed by atoms with van der Waals surface area (Å²) in [5.74, 6) is 0.376. The Hall–Kier alpha value is -4.03. The molecule has 2 fully saturated rings. The number of carbonyl (C=O) groups is 2. The largest absolute Gasteiger partial charge is 0.489 e. The molecule has 2 heterocycles. The predicted octanol–water partition coefficient (Wildman–Crippen LogP) is 5.61. The molecule has 2 aromatic carbocycles. The Morgan fingerprint density at radius 2 is 1.87 bits per heavy atom. The SMILES string of the molecule is CC(=O)N1C[C@H](c2ccc(OC(F)F)c(OCC3CC3)c2)CC1[Si]C(=O)OCc1cccc(C(O)N(C)c2ccc(C)cc2)n1. The van der Waals surface area contributed by atoms with Gasteiger partial charge in [-0.1, -0.05) is 29.8 Å². The lowest BCUT2D eigenvalue weighted by Gasteiger charge is -2.25.